The third-order valence-electron chi connectivity index (χ3n) is 3.91. The highest BCUT2D eigenvalue weighted by atomic mass is 16.5. The van der Waals surface area contributed by atoms with Gasteiger partial charge in [0.1, 0.15) is 11.5 Å². The first-order chi connectivity index (χ1) is 11.9. The summed E-state index contributed by atoms with van der Waals surface area (Å²) in [5, 5.41) is 12.4. The van der Waals surface area contributed by atoms with Gasteiger partial charge in [0.2, 0.25) is 5.91 Å². The zero-order valence-corrected chi connectivity index (χ0v) is 14.3. The van der Waals surface area contributed by atoms with Crippen LogP contribution in [-0.2, 0) is 9.59 Å². The Kier molecular flexibility index (Phi) is 4.71. The number of fused-ring (bicyclic) bond motifs is 1. The number of amides is 2. The second-order valence-corrected chi connectivity index (χ2v) is 6.01. The molecule has 1 aliphatic heterocycles. The van der Waals surface area contributed by atoms with Crippen molar-refractivity contribution >= 4 is 23.3 Å². The minimum absolute atomic E-state index is 0.0267. The third-order valence-corrected chi connectivity index (χ3v) is 3.91. The van der Waals surface area contributed by atoms with Gasteiger partial charge in [0.05, 0.1) is 11.7 Å². The molecule has 2 aromatic rings. The maximum absolute atomic E-state index is 12.2. The highest BCUT2D eigenvalue weighted by Crippen LogP contribution is 2.30. The molecule has 8 heteroatoms. The lowest BCUT2D eigenvalue weighted by Gasteiger charge is -2.22. The predicted octanol–water partition coefficient (Wildman–Crippen LogP) is 1.99. The minimum Gasteiger partial charge on any atom is -0.482 e. The summed E-state index contributed by atoms with van der Waals surface area (Å²) in [6.07, 6.45) is 0. The molecular formula is C17H20N4O4. The molecule has 3 N–H and O–H groups in total. The van der Waals surface area contributed by atoms with Crippen LogP contribution in [0.4, 0.5) is 11.5 Å². The van der Waals surface area contributed by atoms with Gasteiger partial charge in [0.25, 0.3) is 5.91 Å². The first-order valence-corrected chi connectivity index (χ1v) is 7.99. The number of aryl methyl sites for hydroxylation is 1. The summed E-state index contributed by atoms with van der Waals surface area (Å²) in [4.78, 5) is 23.7. The molecule has 1 aromatic heterocycles. The van der Waals surface area contributed by atoms with E-state index in [1.54, 1.807) is 19.9 Å². The fourth-order valence-electron chi connectivity index (χ4n) is 2.58. The largest absolute Gasteiger partial charge is 0.482 e. The number of ether oxygens (including phenoxy) is 1. The second-order valence-electron chi connectivity index (χ2n) is 6.01. The molecule has 2 heterocycles. The van der Waals surface area contributed by atoms with Crippen LogP contribution in [0.25, 0.3) is 0 Å². The Morgan fingerprint density at radius 1 is 1.32 bits per heavy atom. The first-order valence-electron chi connectivity index (χ1n) is 7.99. The SMILES string of the molecule is Cc1cc(NC(=O)[C@H](C)N[C@H](C)c2ccc3c(c2)NC(=O)CO3)no1. The number of hydrogen-bond donors (Lipinski definition) is 3. The van der Waals surface area contributed by atoms with E-state index in [0.29, 0.717) is 23.0 Å². The van der Waals surface area contributed by atoms with Gasteiger partial charge >= 0.3 is 0 Å². The molecule has 0 fully saturated rings. The van der Waals surface area contributed by atoms with Crippen molar-refractivity contribution in [2.24, 2.45) is 0 Å². The number of carbonyl (C=O) groups is 2. The van der Waals surface area contributed by atoms with Gasteiger partial charge in [-0.15, -0.1) is 0 Å². The standard InChI is InChI=1S/C17H20N4O4/c1-9-6-15(21-25-9)20-17(23)11(3)18-10(2)12-4-5-14-13(7-12)19-16(22)8-24-14/h4-7,10-11,18H,8H2,1-3H3,(H,19,22)(H,20,21,23)/t10-,11+/m1/s1. The van der Waals surface area contributed by atoms with Crippen LogP contribution in [0, 0.1) is 6.92 Å². The van der Waals surface area contributed by atoms with E-state index in [1.807, 2.05) is 25.1 Å². The number of benzene rings is 1. The number of nitrogens with zero attached hydrogens (tertiary/aromatic N) is 1. The first kappa shape index (κ1) is 17.0. The van der Waals surface area contributed by atoms with Crippen LogP contribution >= 0.6 is 0 Å². The van der Waals surface area contributed by atoms with Crippen molar-refractivity contribution in [1.29, 1.82) is 0 Å². The van der Waals surface area contributed by atoms with Crippen molar-refractivity contribution in [2.45, 2.75) is 32.9 Å². The molecule has 0 saturated heterocycles. The topological polar surface area (TPSA) is 105 Å². The number of carbonyl (C=O) groups excluding carboxylic acids is 2. The van der Waals surface area contributed by atoms with Crippen LogP contribution in [0.1, 0.15) is 31.2 Å². The van der Waals surface area contributed by atoms with Gasteiger partial charge in [-0.25, -0.2) is 0 Å². The summed E-state index contributed by atoms with van der Waals surface area (Å²) in [7, 11) is 0. The zero-order chi connectivity index (χ0) is 18.0. The summed E-state index contributed by atoms with van der Waals surface area (Å²) in [6, 6.07) is 6.65. The summed E-state index contributed by atoms with van der Waals surface area (Å²) in [5.74, 6) is 1.26. The predicted molar refractivity (Wildman–Crippen MR) is 91.4 cm³/mol. The average Bonchev–Trinajstić information content (AvgIpc) is 2.98. The molecule has 0 aliphatic carbocycles. The van der Waals surface area contributed by atoms with Gasteiger partial charge < -0.3 is 19.9 Å². The van der Waals surface area contributed by atoms with Gasteiger partial charge in [0, 0.05) is 12.1 Å². The fraction of sp³-hybridized carbons (Fsp3) is 0.353. The monoisotopic (exact) mass is 344 g/mol. The molecule has 0 unspecified atom stereocenters. The lowest BCUT2D eigenvalue weighted by atomic mass is 10.1. The van der Waals surface area contributed by atoms with E-state index in [1.165, 1.54) is 0 Å². The number of aromatic nitrogens is 1. The van der Waals surface area contributed by atoms with Crippen LogP contribution in [0.15, 0.2) is 28.8 Å². The Bertz CT molecular complexity index is 802. The Hall–Kier alpha value is -2.87. The number of nitrogens with one attached hydrogen (secondary N) is 3. The van der Waals surface area contributed by atoms with Crippen LogP contribution in [0.5, 0.6) is 5.75 Å². The van der Waals surface area contributed by atoms with Crippen LogP contribution in [-0.4, -0.2) is 29.6 Å². The van der Waals surface area contributed by atoms with E-state index in [-0.39, 0.29) is 24.5 Å². The van der Waals surface area contributed by atoms with E-state index in [4.69, 9.17) is 9.26 Å². The number of hydrogen-bond acceptors (Lipinski definition) is 6. The van der Waals surface area contributed by atoms with Crippen molar-refractivity contribution < 1.29 is 18.8 Å². The molecule has 0 radical (unpaired) electrons. The normalized spacial score (nSPS) is 15.6. The molecule has 132 valence electrons. The van der Waals surface area contributed by atoms with Crippen LogP contribution < -0.4 is 20.7 Å². The van der Waals surface area contributed by atoms with E-state index in [2.05, 4.69) is 21.1 Å². The molecule has 3 rings (SSSR count). The number of rotatable bonds is 5. The number of anilines is 2. The molecule has 0 spiro atoms. The van der Waals surface area contributed by atoms with Gasteiger partial charge in [-0.1, -0.05) is 11.2 Å². The van der Waals surface area contributed by atoms with Gasteiger partial charge in [0.15, 0.2) is 12.4 Å². The molecule has 25 heavy (non-hydrogen) atoms. The Morgan fingerprint density at radius 3 is 2.84 bits per heavy atom. The maximum atomic E-state index is 12.2. The fourth-order valence-corrected chi connectivity index (χ4v) is 2.58. The molecule has 0 bridgehead atoms. The lowest BCUT2D eigenvalue weighted by molar-refractivity contribution is -0.119. The van der Waals surface area contributed by atoms with Crippen molar-refractivity contribution in [3.8, 4) is 5.75 Å². The van der Waals surface area contributed by atoms with E-state index in [0.717, 1.165) is 5.56 Å². The second kappa shape index (κ2) is 6.94. The molecule has 1 aliphatic rings. The average molecular weight is 344 g/mol. The summed E-state index contributed by atoms with van der Waals surface area (Å²) in [5.41, 5.74) is 1.57. The Morgan fingerprint density at radius 2 is 2.12 bits per heavy atom. The maximum Gasteiger partial charge on any atom is 0.262 e. The zero-order valence-electron chi connectivity index (χ0n) is 14.3. The highest BCUT2D eigenvalue weighted by molar-refractivity contribution is 5.95. The Labute approximate surface area is 144 Å². The quantitative estimate of drug-likeness (QED) is 0.766. The van der Waals surface area contributed by atoms with E-state index < -0.39 is 6.04 Å². The van der Waals surface area contributed by atoms with Gasteiger partial charge in [-0.05, 0) is 38.5 Å². The molecular weight excluding hydrogens is 324 g/mol. The molecule has 2 atom stereocenters. The van der Waals surface area contributed by atoms with Crippen molar-refractivity contribution in [2.75, 3.05) is 17.2 Å². The highest BCUT2D eigenvalue weighted by Gasteiger charge is 2.20. The molecule has 2 amide bonds. The summed E-state index contributed by atoms with van der Waals surface area (Å²) < 4.78 is 10.3. The minimum atomic E-state index is -0.450. The van der Waals surface area contributed by atoms with E-state index >= 15 is 0 Å². The third kappa shape index (κ3) is 3.97. The van der Waals surface area contributed by atoms with E-state index in [9.17, 15) is 9.59 Å². The van der Waals surface area contributed by atoms with Crippen molar-refractivity contribution in [1.82, 2.24) is 10.5 Å². The van der Waals surface area contributed by atoms with Crippen LogP contribution in [0.3, 0.4) is 0 Å². The van der Waals surface area contributed by atoms with Gasteiger partial charge in [-0.2, -0.15) is 0 Å². The molecule has 1 aromatic carbocycles. The summed E-state index contributed by atoms with van der Waals surface area (Å²) in [6.45, 7) is 5.49. The lowest BCUT2D eigenvalue weighted by Crippen LogP contribution is -2.39. The van der Waals surface area contributed by atoms with Crippen molar-refractivity contribution in [3.05, 3.63) is 35.6 Å². The van der Waals surface area contributed by atoms with Crippen LogP contribution in [0.2, 0.25) is 0 Å². The van der Waals surface area contributed by atoms with Crippen molar-refractivity contribution in [3.63, 3.8) is 0 Å². The smallest absolute Gasteiger partial charge is 0.262 e. The van der Waals surface area contributed by atoms with Gasteiger partial charge in [-0.3, -0.25) is 14.9 Å². The summed E-state index contributed by atoms with van der Waals surface area (Å²) >= 11 is 0. The Balaban J connectivity index is 1.63. The molecule has 0 saturated carbocycles. The molecule has 8 nitrogen and oxygen atoms in total.